The van der Waals surface area contributed by atoms with Crippen LogP contribution < -0.4 is 18.9 Å². The van der Waals surface area contributed by atoms with Crippen LogP contribution in [0, 0.1) is 27.7 Å². The number of aryl methyl sites for hydroxylation is 3. The van der Waals surface area contributed by atoms with Crippen LogP contribution in [0.3, 0.4) is 0 Å². The van der Waals surface area contributed by atoms with Crippen molar-refractivity contribution in [2.45, 2.75) is 40.7 Å². The fourth-order valence-electron chi connectivity index (χ4n) is 4.70. The first-order valence-corrected chi connectivity index (χ1v) is 12.8. The van der Waals surface area contributed by atoms with E-state index in [-0.39, 0.29) is 23.5 Å². The second-order valence-electron chi connectivity index (χ2n) is 9.33. The molecule has 0 saturated carbocycles. The summed E-state index contributed by atoms with van der Waals surface area (Å²) in [7, 11) is 4.36. The summed E-state index contributed by atoms with van der Waals surface area (Å²) in [5.74, 6) is 0.404. The van der Waals surface area contributed by atoms with Crippen LogP contribution in [0.2, 0.25) is 0 Å². The van der Waals surface area contributed by atoms with Crippen molar-refractivity contribution in [3.63, 3.8) is 0 Å². The summed E-state index contributed by atoms with van der Waals surface area (Å²) in [4.78, 5) is 26.1. The molecule has 0 fully saturated rings. The van der Waals surface area contributed by atoms with Crippen molar-refractivity contribution in [1.29, 1.82) is 0 Å². The Kier molecular flexibility index (Phi) is 8.57. The van der Waals surface area contributed by atoms with E-state index in [1.807, 2.05) is 35.9 Å². The van der Waals surface area contributed by atoms with E-state index >= 15 is 0 Å². The Morgan fingerprint density at radius 3 is 2.15 bits per heavy atom. The second kappa shape index (κ2) is 12.1. The minimum Gasteiger partial charge on any atom is -0.496 e. The number of rotatable bonds is 10. The molecule has 40 heavy (non-hydrogen) atoms. The molecule has 0 unspecified atom stereocenters. The first-order valence-electron chi connectivity index (χ1n) is 12.8. The van der Waals surface area contributed by atoms with Crippen LogP contribution in [0.5, 0.6) is 23.0 Å². The zero-order chi connectivity index (χ0) is 29.0. The van der Waals surface area contributed by atoms with Gasteiger partial charge in [-0.25, -0.2) is 14.3 Å². The Labute approximate surface area is 232 Å². The maximum absolute atomic E-state index is 13.4. The third-order valence-electron chi connectivity index (χ3n) is 6.76. The maximum atomic E-state index is 13.4. The number of esters is 2. The quantitative estimate of drug-likeness (QED) is 0.151. The third-order valence-corrected chi connectivity index (χ3v) is 6.76. The molecule has 10 nitrogen and oxygen atoms in total. The van der Waals surface area contributed by atoms with E-state index in [4.69, 9.17) is 23.7 Å². The van der Waals surface area contributed by atoms with Gasteiger partial charge in [0.1, 0.15) is 39.6 Å². The number of aromatic nitrogens is 3. The Morgan fingerprint density at radius 2 is 1.48 bits per heavy atom. The second-order valence-corrected chi connectivity index (χ2v) is 9.33. The Bertz CT molecular complexity index is 1580. The number of carbonyl (C=O) groups is 2. The van der Waals surface area contributed by atoms with E-state index in [1.165, 1.54) is 14.2 Å². The zero-order valence-electron chi connectivity index (χ0n) is 23.8. The summed E-state index contributed by atoms with van der Waals surface area (Å²) in [6, 6.07) is 11.1. The molecule has 1 aromatic heterocycles. The fraction of sp³-hybridized carbons (Fsp3) is 0.333. The molecule has 0 N–H and O–H groups in total. The van der Waals surface area contributed by atoms with Crippen LogP contribution in [0.15, 0.2) is 36.4 Å². The Balaban J connectivity index is 1.61. The normalized spacial score (nSPS) is 10.9. The van der Waals surface area contributed by atoms with E-state index in [1.54, 1.807) is 40.0 Å². The number of nitrogens with zero attached hydrogens (tertiary/aromatic N) is 3. The lowest BCUT2D eigenvalue weighted by Crippen LogP contribution is -2.16. The van der Waals surface area contributed by atoms with Crippen molar-refractivity contribution in [1.82, 2.24) is 15.0 Å². The van der Waals surface area contributed by atoms with Crippen LogP contribution in [0.25, 0.3) is 11.0 Å². The molecule has 0 saturated heterocycles. The number of methoxy groups -OCH3 is 3. The zero-order valence-corrected chi connectivity index (χ0v) is 23.8. The smallest absolute Gasteiger partial charge is 0.347 e. The van der Waals surface area contributed by atoms with Crippen LogP contribution in [0.4, 0.5) is 0 Å². The molecule has 3 aromatic carbocycles. The molecule has 0 aliphatic heterocycles. The molecular formula is C30H33N3O7. The van der Waals surface area contributed by atoms with Crippen molar-refractivity contribution in [2.75, 3.05) is 27.9 Å². The van der Waals surface area contributed by atoms with Crippen molar-refractivity contribution in [3.05, 3.63) is 69.8 Å². The molecule has 1 heterocycles. The molecule has 0 spiro atoms. The lowest BCUT2D eigenvalue weighted by molar-refractivity contribution is 0.0594. The average molecular weight is 548 g/mol. The minimum absolute atomic E-state index is 0.266. The van der Waals surface area contributed by atoms with Crippen LogP contribution in [-0.4, -0.2) is 54.9 Å². The van der Waals surface area contributed by atoms with Gasteiger partial charge in [0, 0.05) is 24.1 Å². The molecule has 0 aliphatic carbocycles. The molecule has 4 aromatic rings. The van der Waals surface area contributed by atoms with E-state index in [9.17, 15) is 9.59 Å². The highest BCUT2D eigenvalue weighted by Gasteiger charge is 2.26. The van der Waals surface area contributed by atoms with Gasteiger partial charge in [-0.15, -0.1) is 5.10 Å². The van der Waals surface area contributed by atoms with Crippen molar-refractivity contribution < 1.29 is 33.3 Å². The number of benzene rings is 3. The Morgan fingerprint density at radius 1 is 0.825 bits per heavy atom. The summed E-state index contributed by atoms with van der Waals surface area (Å²) in [5.41, 5.74) is 4.68. The van der Waals surface area contributed by atoms with Gasteiger partial charge in [0.05, 0.1) is 33.5 Å². The summed E-state index contributed by atoms with van der Waals surface area (Å²) < 4.78 is 29.8. The fourth-order valence-corrected chi connectivity index (χ4v) is 4.70. The number of para-hydroxylation sites is 1. The standard InChI is InChI=1S/C30H33N3O7/c1-17-15-23(36-5)19(3)27(37-6)25(17)30(35)40-24-16-18(2)26(29(34)38-7)28(20(24)4)39-14-10-13-33-22-12-9-8-11-21(22)31-32-33/h8-9,11-12,15-16H,10,13-14H2,1-7H3. The molecule has 0 radical (unpaired) electrons. The lowest BCUT2D eigenvalue weighted by Gasteiger charge is -2.20. The van der Waals surface area contributed by atoms with E-state index in [0.717, 1.165) is 11.0 Å². The van der Waals surface area contributed by atoms with E-state index in [2.05, 4.69) is 10.3 Å². The van der Waals surface area contributed by atoms with Gasteiger partial charge < -0.3 is 23.7 Å². The van der Waals surface area contributed by atoms with Gasteiger partial charge in [0.25, 0.3) is 0 Å². The predicted molar refractivity (Wildman–Crippen MR) is 149 cm³/mol. The van der Waals surface area contributed by atoms with Gasteiger partial charge in [-0.1, -0.05) is 17.3 Å². The van der Waals surface area contributed by atoms with Crippen LogP contribution >= 0.6 is 0 Å². The first kappa shape index (κ1) is 28.4. The first-order chi connectivity index (χ1) is 19.2. The van der Waals surface area contributed by atoms with Crippen molar-refractivity contribution >= 4 is 23.0 Å². The third kappa shape index (κ3) is 5.42. The van der Waals surface area contributed by atoms with Gasteiger partial charge >= 0.3 is 11.9 Å². The number of hydrogen-bond acceptors (Lipinski definition) is 9. The highest BCUT2D eigenvalue weighted by molar-refractivity contribution is 5.98. The summed E-state index contributed by atoms with van der Waals surface area (Å²) in [6.07, 6.45) is 0.595. The molecule has 10 heteroatoms. The predicted octanol–water partition coefficient (Wildman–Crippen LogP) is 5.16. The molecule has 0 aliphatic rings. The molecule has 210 valence electrons. The number of ether oxygens (including phenoxy) is 5. The van der Waals surface area contributed by atoms with E-state index < -0.39 is 11.9 Å². The number of carbonyl (C=O) groups excluding carboxylic acids is 2. The van der Waals surface area contributed by atoms with Gasteiger partial charge in [0.15, 0.2) is 0 Å². The van der Waals surface area contributed by atoms with Crippen LogP contribution in [-0.2, 0) is 11.3 Å². The highest BCUT2D eigenvalue weighted by Crippen LogP contribution is 2.38. The largest absolute Gasteiger partial charge is 0.496 e. The lowest BCUT2D eigenvalue weighted by atomic mass is 10.0. The minimum atomic E-state index is -0.600. The SMILES string of the molecule is COC(=O)c1c(C)cc(OC(=O)c2c(C)cc(OC)c(C)c2OC)c(C)c1OCCCn1nnc2ccccc21. The molecule has 0 atom stereocenters. The van der Waals surface area contributed by atoms with Gasteiger partial charge in [-0.05, 0) is 63.1 Å². The molecule has 4 rings (SSSR count). The molecule has 0 amide bonds. The highest BCUT2D eigenvalue weighted by atomic mass is 16.5. The summed E-state index contributed by atoms with van der Waals surface area (Å²) >= 11 is 0. The molecule has 0 bridgehead atoms. The monoisotopic (exact) mass is 547 g/mol. The summed E-state index contributed by atoms with van der Waals surface area (Å²) in [5, 5.41) is 8.38. The van der Waals surface area contributed by atoms with Crippen molar-refractivity contribution in [2.24, 2.45) is 0 Å². The van der Waals surface area contributed by atoms with Crippen LogP contribution in [0.1, 0.15) is 49.4 Å². The topological polar surface area (TPSA) is 111 Å². The summed E-state index contributed by atoms with van der Waals surface area (Å²) in [6.45, 7) is 7.91. The number of hydrogen-bond donors (Lipinski definition) is 0. The Hall–Kier alpha value is -4.60. The van der Waals surface area contributed by atoms with Gasteiger partial charge in [-0.2, -0.15) is 0 Å². The average Bonchev–Trinajstić information content (AvgIpc) is 3.36. The number of fused-ring (bicyclic) bond motifs is 1. The molecular weight excluding hydrogens is 514 g/mol. The van der Waals surface area contributed by atoms with Gasteiger partial charge in [0.2, 0.25) is 0 Å². The van der Waals surface area contributed by atoms with Crippen molar-refractivity contribution in [3.8, 4) is 23.0 Å². The van der Waals surface area contributed by atoms with Gasteiger partial charge in [-0.3, -0.25) is 0 Å². The maximum Gasteiger partial charge on any atom is 0.347 e. The van der Waals surface area contributed by atoms with E-state index in [0.29, 0.717) is 52.5 Å².